The van der Waals surface area contributed by atoms with Crippen LogP contribution in [-0.4, -0.2) is 29.3 Å². The summed E-state index contributed by atoms with van der Waals surface area (Å²) in [7, 11) is 0. The van der Waals surface area contributed by atoms with Crippen molar-refractivity contribution in [1.82, 2.24) is 4.98 Å². The maximum Gasteiger partial charge on any atom is 0.0588 e. The third-order valence-electron chi connectivity index (χ3n) is 5.21. The molecule has 1 aromatic heterocycles. The maximum absolute atomic E-state index is 10.1. The van der Waals surface area contributed by atoms with Gasteiger partial charge in [0.1, 0.15) is 0 Å². The molecule has 1 aliphatic heterocycles. The number of pyridine rings is 1. The van der Waals surface area contributed by atoms with Crippen molar-refractivity contribution in [3.8, 4) is 0 Å². The number of nitrogens with two attached hydrogens (primary N) is 1. The monoisotopic (exact) mass is 283 g/mol. The fourth-order valence-corrected chi connectivity index (χ4v) is 4.06. The molecule has 4 rings (SSSR count). The van der Waals surface area contributed by atoms with Crippen molar-refractivity contribution in [2.24, 2.45) is 11.8 Å². The van der Waals surface area contributed by atoms with Crippen molar-refractivity contribution in [3.63, 3.8) is 0 Å². The number of aliphatic hydroxyl groups excluding tert-OH is 1. The molecular formula is C17H21N3O. The fraction of sp³-hybridized carbons (Fsp3) is 0.471. The molecule has 0 spiro atoms. The van der Waals surface area contributed by atoms with Gasteiger partial charge in [-0.2, -0.15) is 0 Å². The predicted molar refractivity (Wildman–Crippen MR) is 85.3 cm³/mol. The van der Waals surface area contributed by atoms with Crippen LogP contribution in [0.2, 0.25) is 0 Å². The summed E-state index contributed by atoms with van der Waals surface area (Å²) in [6.45, 7) is 4.00. The lowest BCUT2D eigenvalue weighted by Gasteiger charge is -2.23. The number of benzene rings is 1. The number of aromatic nitrogens is 1. The van der Waals surface area contributed by atoms with Crippen LogP contribution in [0.3, 0.4) is 0 Å². The third kappa shape index (κ3) is 1.97. The molecule has 3 unspecified atom stereocenters. The lowest BCUT2D eigenvalue weighted by atomic mass is 10.00. The molecule has 2 aliphatic rings. The minimum absolute atomic E-state index is 0.122. The van der Waals surface area contributed by atoms with E-state index in [-0.39, 0.29) is 6.10 Å². The van der Waals surface area contributed by atoms with Crippen molar-refractivity contribution < 1.29 is 5.11 Å². The summed E-state index contributed by atoms with van der Waals surface area (Å²) in [6.07, 6.45) is 3.86. The van der Waals surface area contributed by atoms with Crippen molar-refractivity contribution in [2.75, 3.05) is 23.7 Å². The summed E-state index contributed by atoms with van der Waals surface area (Å²) in [5.74, 6) is 1.07. The number of anilines is 2. The summed E-state index contributed by atoms with van der Waals surface area (Å²) in [4.78, 5) is 6.78. The lowest BCUT2D eigenvalue weighted by Crippen LogP contribution is -2.24. The Morgan fingerprint density at radius 2 is 2.10 bits per heavy atom. The number of rotatable bonds is 1. The Morgan fingerprint density at radius 3 is 2.90 bits per heavy atom. The first-order valence-corrected chi connectivity index (χ1v) is 7.71. The molecule has 3 atom stereocenters. The standard InChI is InChI=1S/C17H21N3O/c1-10-6-12-13(7-19-10)15(18)3-4-16(12)20-8-11-2-5-17(21)14(11)9-20/h3-4,6-7,11,14,17,21H,2,5,8-9,18H2,1H3. The minimum atomic E-state index is -0.122. The number of hydrogen-bond acceptors (Lipinski definition) is 4. The molecule has 1 saturated heterocycles. The summed E-state index contributed by atoms with van der Waals surface area (Å²) in [5.41, 5.74) is 9.10. The zero-order valence-electron chi connectivity index (χ0n) is 12.3. The number of aryl methyl sites for hydroxylation is 1. The molecule has 1 aliphatic carbocycles. The van der Waals surface area contributed by atoms with Gasteiger partial charge in [0.2, 0.25) is 0 Å². The smallest absolute Gasteiger partial charge is 0.0588 e. The van der Waals surface area contributed by atoms with E-state index in [0.29, 0.717) is 11.8 Å². The quantitative estimate of drug-likeness (QED) is 0.789. The molecule has 2 aromatic rings. The molecule has 2 heterocycles. The van der Waals surface area contributed by atoms with E-state index in [2.05, 4.69) is 22.0 Å². The molecule has 110 valence electrons. The second-order valence-corrected chi connectivity index (χ2v) is 6.52. The summed E-state index contributed by atoms with van der Waals surface area (Å²) < 4.78 is 0. The molecule has 0 amide bonds. The molecule has 0 bridgehead atoms. The second kappa shape index (κ2) is 4.60. The zero-order chi connectivity index (χ0) is 14.6. The van der Waals surface area contributed by atoms with Crippen LogP contribution < -0.4 is 10.6 Å². The SMILES string of the molecule is Cc1cc2c(N3CC4CCC(O)C4C3)ccc(N)c2cn1. The highest BCUT2D eigenvalue weighted by molar-refractivity contribution is 6.01. The van der Waals surface area contributed by atoms with E-state index in [0.717, 1.165) is 42.7 Å². The predicted octanol–water partition coefficient (Wildman–Crippen LogP) is 2.33. The summed E-state index contributed by atoms with van der Waals surface area (Å²) in [6, 6.07) is 6.20. The average Bonchev–Trinajstić information content (AvgIpc) is 3.02. The van der Waals surface area contributed by atoms with Crippen LogP contribution in [0.5, 0.6) is 0 Å². The summed E-state index contributed by atoms with van der Waals surface area (Å²) >= 11 is 0. The van der Waals surface area contributed by atoms with Crippen molar-refractivity contribution >= 4 is 22.1 Å². The van der Waals surface area contributed by atoms with E-state index in [9.17, 15) is 5.11 Å². The molecule has 0 radical (unpaired) electrons. The molecule has 4 heteroatoms. The molecule has 2 fully saturated rings. The van der Waals surface area contributed by atoms with Gasteiger partial charge >= 0.3 is 0 Å². The maximum atomic E-state index is 10.1. The highest BCUT2D eigenvalue weighted by atomic mass is 16.3. The van der Waals surface area contributed by atoms with Gasteiger partial charge in [-0.1, -0.05) is 0 Å². The van der Waals surface area contributed by atoms with Gasteiger partial charge in [0.25, 0.3) is 0 Å². The Bertz CT molecular complexity index is 700. The van der Waals surface area contributed by atoms with E-state index >= 15 is 0 Å². The third-order valence-corrected chi connectivity index (χ3v) is 5.21. The van der Waals surface area contributed by atoms with Crippen molar-refractivity contribution in [1.29, 1.82) is 0 Å². The fourth-order valence-electron chi connectivity index (χ4n) is 4.06. The van der Waals surface area contributed by atoms with Gasteiger partial charge < -0.3 is 15.7 Å². The largest absolute Gasteiger partial charge is 0.398 e. The van der Waals surface area contributed by atoms with Crippen LogP contribution in [0.1, 0.15) is 18.5 Å². The van der Waals surface area contributed by atoms with Gasteiger partial charge in [0.15, 0.2) is 0 Å². The van der Waals surface area contributed by atoms with Gasteiger partial charge in [0.05, 0.1) is 6.10 Å². The average molecular weight is 283 g/mol. The van der Waals surface area contributed by atoms with Gasteiger partial charge in [-0.15, -0.1) is 0 Å². The van der Waals surface area contributed by atoms with Crippen LogP contribution in [0.15, 0.2) is 24.4 Å². The number of aliphatic hydroxyl groups is 1. The Morgan fingerprint density at radius 1 is 1.24 bits per heavy atom. The molecule has 1 saturated carbocycles. The molecular weight excluding hydrogens is 262 g/mol. The van der Waals surface area contributed by atoms with Crippen LogP contribution in [0.4, 0.5) is 11.4 Å². The summed E-state index contributed by atoms with van der Waals surface area (Å²) in [5, 5.41) is 12.3. The molecule has 3 N–H and O–H groups in total. The highest BCUT2D eigenvalue weighted by Gasteiger charge is 2.42. The lowest BCUT2D eigenvalue weighted by molar-refractivity contribution is 0.133. The van der Waals surface area contributed by atoms with Gasteiger partial charge in [-0.05, 0) is 43.9 Å². The van der Waals surface area contributed by atoms with E-state index in [1.54, 1.807) is 0 Å². The van der Waals surface area contributed by atoms with Gasteiger partial charge in [-0.25, -0.2) is 0 Å². The zero-order valence-corrected chi connectivity index (χ0v) is 12.3. The number of hydrogen-bond donors (Lipinski definition) is 2. The van der Waals surface area contributed by atoms with E-state index < -0.39 is 0 Å². The minimum Gasteiger partial charge on any atom is -0.398 e. The topological polar surface area (TPSA) is 62.4 Å². The first-order valence-electron chi connectivity index (χ1n) is 7.71. The van der Waals surface area contributed by atoms with Crippen molar-refractivity contribution in [3.05, 3.63) is 30.1 Å². The number of nitrogen functional groups attached to an aromatic ring is 1. The van der Waals surface area contributed by atoms with E-state index in [4.69, 9.17) is 5.73 Å². The first kappa shape index (κ1) is 12.9. The van der Waals surface area contributed by atoms with Gasteiger partial charge in [0, 0.05) is 53.0 Å². The Hall–Kier alpha value is -1.81. The molecule has 21 heavy (non-hydrogen) atoms. The first-order chi connectivity index (χ1) is 10.1. The van der Waals surface area contributed by atoms with Crippen LogP contribution in [0.25, 0.3) is 10.8 Å². The number of fused-ring (bicyclic) bond motifs is 2. The van der Waals surface area contributed by atoms with Crippen LogP contribution in [-0.2, 0) is 0 Å². The number of nitrogens with zero attached hydrogens (tertiary/aromatic N) is 2. The Labute approximate surface area is 124 Å². The van der Waals surface area contributed by atoms with Crippen LogP contribution >= 0.6 is 0 Å². The van der Waals surface area contributed by atoms with Crippen molar-refractivity contribution in [2.45, 2.75) is 25.9 Å². The normalized spacial score (nSPS) is 28.3. The van der Waals surface area contributed by atoms with Gasteiger partial charge in [-0.3, -0.25) is 4.98 Å². The Balaban J connectivity index is 1.77. The van der Waals surface area contributed by atoms with E-state index in [1.807, 2.05) is 19.2 Å². The van der Waals surface area contributed by atoms with Crippen LogP contribution in [0, 0.1) is 18.8 Å². The van der Waals surface area contributed by atoms with E-state index in [1.165, 1.54) is 11.1 Å². The second-order valence-electron chi connectivity index (χ2n) is 6.52. The Kier molecular flexibility index (Phi) is 2.82. The molecule has 4 nitrogen and oxygen atoms in total. The molecule has 1 aromatic carbocycles. The highest BCUT2D eigenvalue weighted by Crippen LogP contribution is 2.42.